The van der Waals surface area contributed by atoms with Crippen molar-refractivity contribution in [2.45, 2.75) is 50.4 Å². The van der Waals surface area contributed by atoms with E-state index in [0.29, 0.717) is 0 Å². The van der Waals surface area contributed by atoms with Gasteiger partial charge in [-0.3, -0.25) is 0 Å². The predicted octanol–water partition coefficient (Wildman–Crippen LogP) is 3.88. The Morgan fingerprint density at radius 2 is 1.43 bits per heavy atom. The molecule has 12 heteroatoms. The van der Waals surface area contributed by atoms with Crippen molar-refractivity contribution < 1.29 is 43.7 Å². The van der Waals surface area contributed by atoms with Gasteiger partial charge in [-0.05, 0) is 26.2 Å². The van der Waals surface area contributed by atoms with E-state index < -0.39 is 48.4 Å². The molecule has 0 aromatic heterocycles. The van der Waals surface area contributed by atoms with Gasteiger partial charge in [-0.15, -0.1) is 0 Å². The van der Waals surface area contributed by atoms with E-state index in [1.54, 1.807) is 19.6 Å². The van der Waals surface area contributed by atoms with Gasteiger partial charge in [-0.25, -0.2) is 8.78 Å². The SMILES string of the molecule is C[SiH](OCC(F)(F)C(F)(F)C(F)(F)C(F)F)O[Si](C)(C)C. The molecule has 0 rings (SSSR count). The van der Waals surface area contributed by atoms with Crippen LogP contribution in [0.3, 0.4) is 0 Å². The maximum Gasteiger partial charge on any atom is 0.380 e. The molecule has 0 heterocycles. The number of alkyl halides is 8. The van der Waals surface area contributed by atoms with Gasteiger partial charge in [0.05, 0.1) is 0 Å². The molecule has 21 heavy (non-hydrogen) atoms. The van der Waals surface area contributed by atoms with Gasteiger partial charge in [0, 0.05) is 0 Å². The van der Waals surface area contributed by atoms with E-state index in [9.17, 15) is 35.1 Å². The Hall–Kier alpha value is -0.206. The molecular weight excluding hydrogens is 348 g/mol. The molecule has 0 N–H and O–H groups in total. The van der Waals surface area contributed by atoms with Crippen LogP contribution in [-0.4, -0.2) is 48.4 Å². The molecule has 0 bridgehead atoms. The standard InChI is InChI=1S/C9H16F8O2Si2/c1-20(19-21(2,3)4)18-5-7(12,13)9(16,17)8(14,15)6(10)11/h6,20H,5H2,1-4H3. The van der Waals surface area contributed by atoms with Gasteiger partial charge in [0.2, 0.25) is 0 Å². The third-order valence-corrected chi connectivity index (χ3v) is 6.96. The maximum atomic E-state index is 13.1. The van der Waals surface area contributed by atoms with Gasteiger partial charge in [0.15, 0.2) is 8.32 Å². The molecule has 0 aromatic rings. The topological polar surface area (TPSA) is 18.5 Å². The zero-order valence-electron chi connectivity index (χ0n) is 11.7. The Balaban J connectivity index is 4.90. The van der Waals surface area contributed by atoms with Gasteiger partial charge in [-0.1, -0.05) is 0 Å². The highest BCUT2D eigenvalue weighted by Crippen LogP contribution is 2.48. The number of hydrogen-bond acceptors (Lipinski definition) is 2. The molecule has 0 aliphatic heterocycles. The second-order valence-corrected chi connectivity index (χ2v) is 11.9. The van der Waals surface area contributed by atoms with Crippen molar-refractivity contribution in [3.8, 4) is 0 Å². The van der Waals surface area contributed by atoms with Gasteiger partial charge >= 0.3 is 33.5 Å². The highest BCUT2D eigenvalue weighted by Gasteiger charge is 2.75. The molecule has 2 nitrogen and oxygen atoms in total. The minimum Gasteiger partial charge on any atom is -0.438 e. The van der Waals surface area contributed by atoms with Crippen LogP contribution in [0.1, 0.15) is 0 Å². The molecule has 0 saturated carbocycles. The molecule has 0 radical (unpaired) electrons. The van der Waals surface area contributed by atoms with E-state index in [2.05, 4.69) is 4.43 Å². The summed E-state index contributed by atoms with van der Waals surface area (Å²) in [4.78, 5) is 0. The largest absolute Gasteiger partial charge is 0.438 e. The number of rotatable bonds is 8. The first kappa shape index (κ1) is 20.8. The van der Waals surface area contributed by atoms with Crippen LogP contribution in [0.4, 0.5) is 35.1 Å². The fourth-order valence-corrected chi connectivity index (χ4v) is 5.92. The van der Waals surface area contributed by atoms with E-state index in [-0.39, 0.29) is 0 Å². The molecule has 0 spiro atoms. The molecule has 1 atom stereocenters. The van der Waals surface area contributed by atoms with Crippen LogP contribution in [0.5, 0.6) is 0 Å². The summed E-state index contributed by atoms with van der Waals surface area (Å²) in [5, 5.41) is 0. The summed E-state index contributed by atoms with van der Waals surface area (Å²) in [6.07, 6.45) is -4.92. The van der Waals surface area contributed by atoms with Crippen molar-refractivity contribution in [2.24, 2.45) is 0 Å². The number of hydrogen-bond donors (Lipinski definition) is 0. The first-order valence-corrected chi connectivity index (χ1v) is 11.3. The van der Waals surface area contributed by atoms with Gasteiger partial charge < -0.3 is 8.54 Å². The van der Waals surface area contributed by atoms with E-state index in [0.717, 1.165) is 0 Å². The Morgan fingerprint density at radius 3 is 1.76 bits per heavy atom. The molecule has 0 aliphatic carbocycles. The van der Waals surface area contributed by atoms with Crippen molar-refractivity contribution >= 4 is 17.6 Å². The summed E-state index contributed by atoms with van der Waals surface area (Å²) in [6.45, 7) is 4.17. The fraction of sp³-hybridized carbons (Fsp3) is 1.00. The summed E-state index contributed by atoms with van der Waals surface area (Å²) in [5.74, 6) is -17.8. The van der Waals surface area contributed by atoms with Crippen LogP contribution in [0, 0.1) is 0 Å². The van der Waals surface area contributed by atoms with E-state index in [1.165, 1.54) is 6.55 Å². The van der Waals surface area contributed by atoms with Gasteiger partial charge in [-0.2, -0.15) is 26.3 Å². The second-order valence-electron chi connectivity index (χ2n) is 5.31. The monoisotopic (exact) mass is 364 g/mol. The van der Waals surface area contributed by atoms with Crippen molar-refractivity contribution in [3.63, 3.8) is 0 Å². The minimum absolute atomic E-state index is 1.25. The first-order valence-electron chi connectivity index (χ1n) is 5.75. The Labute approximate surface area is 119 Å². The molecule has 1 unspecified atom stereocenters. The molecule has 0 aliphatic rings. The summed E-state index contributed by atoms with van der Waals surface area (Å²) in [5.41, 5.74) is 0. The molecule has 0 aromatic carbocycles. The van der Waals surface area contributed by atoms with E-state index in [1.807, 2.05) is 0 Å². The van der Waals surface area contributed by atoms with E-state index >= 15 is 0 Å². The average Bonchev–Trinajstić information content (AvgIpc) is 2.23. The summed E-state index contributed by atoms with van der Waals surface area (Å²) in [7, 11) is -4.94. The summed E-state index contributed by atoms with van der Waals surface area (Å²) in [6, 6.07) is 0. The van der Waals surface area contributed by atoms with Crippen molar-refractivity contribution in [1.29, 1.82) is 0 Å². The lowest BCUT2D eigenvalue weighted by molar-refractivity contribution is -0.342. The minimum atomic E-state index is -6.23. The summed E-state index contributed by atoms with van der Waals surface area (Å²) >= 11 is 0. The molecule has 128 valence electrons. The van der Waals surface area contributed by atoms with Crippen molar-refractivity contribution in [2.75, 3.05) is 6.61 Å². The van der Waals surface area contributed by atoms with Crippen LogP contribution in [-0.2, 0) is 8.54 Å². The molecular formula is C9H16F8O2Si2. The summed E-state index contributed by atoms with van der Waals surface area (Å²) < 4.78 is 111. The first-order chi connectivity index (χ1) is 9.04. The molecule has 0 amide bonds. The third kappa shape index (κ3) is 5.18. The lowest BCUT2D eigenvalue weighted by atomic mass is 10.1. The Morgan fingerprint density at radius 1 is 1.00 bits per heavy atom. The third-order valence-electron chi connectivity index (χ3n) is 2.17. The second kappa shape index (κ2) is 6.50. The van der Waals surface area contributed by atoms with Gasteiger partial charge in [0.25, 0.3) is 0 Å². The lowest BCUT2D eigenvalue weighted by Crippen LogP contribution is -2.59. The zero-order valence-corrected chi connectivity index (χ0v) is 13.9. The van der Waals surface area contributed by atoms with Gasteiger partial charge in [0.1, 0.15) is 6.61 Å². The van der Waals surface area contributed by atoms with E-state index in [4.69, 9.17) is 4.12 Å². The highest BCUT2D eigenvalue weighted by atomic mass is 28.4. The number of halogens is 8. The molecule has 0 saturated heterocycles. The quantitative estimate of drug-likeness (QED) is 0.481. The van der Waals surface area contributed by atoms with Crippen LogP contribution in [0.25, 0.3) is 0 Å². The van der Waals surface area contributed by atoms with Crippen LogP contribution < -0.4 is 0 Å². The van der Waals surface area contributed by atoms with Crippen molar-refractivity contribution in [1.82, 2.24) is 0 Å². The van der Waals surface area contributed by atoms with Crippen LogP contribution >= 0.6 is 0 Å². The maximum absolute atomic E-state index is 13.1. The zero-order chi connectivity index (χ0) is 17.3. The fourth-order valence-electron chi connectivity index (χ4n) is 1.23. The predicted molar refractivity (Wildman–Crippen MR) is 64.2 cm³/mol. The Bertz CT molecular complexity index is 345. The lowest BCUT2D eigenvalue weighted by Gasteiger charge is -2.33. The van der Waals surface area contributed by atoms with Crippen molar-refractivity contribution in [3.05, 3.63) is 0 Å². The Kier molecular flexibility index (Phi) is 6.44. The average molecular weight is 364 g/mol. The normalized spacial score (nSPS) is 16.4. The smallest absolute Gasteiger partial charge is 0.380 e. The highest BCUT2D eigenvalue weighted by molar-refractivity contribution is 6.75. The van der Waals surface area contributed by atoms with Crippen LogP contribution in [0.2, 0.25) is 26.2 Å². The van der Waals surface area contributed by atoms with Crippen LogP contribution in [0.15, 0.2) is 0 Å². The molecule has 0 fully saturated rings.